The Balaban J connectivity index is 0.00000161. The summed E-state index contributed by atoms with van der Waals surface area (Å²) in [6.45, 7) is 1.29. The summed E-state index contributed by atoms with van der Waals surface area (Å²) in [5.74, 6) is -0.390. The molecule has 0 spiro atoms. The highest BCUT2D eigenvalue weighted by molar-refractivity contribution is 5.99. The van der Waals surface area contributed by atoms with E-state index in [2.05, 4.69) is 5.16 Å². The molecular formula is C14H16ClN3O3. The van der Waals surface area contributed by atoms with Crippen LogP contribution in [0.25, 0.3) is 11.3 Å². The zero-order valence-corrected chi connectivity index (χ0v) is 12.0. The third-order valence-electron chi connectivity index (χ3n) is 3.45. The fraction of sp³-hybridized carbons (Fsp3) is 0.286. The predicted octanol–water partition coefficient (Wildman–Crippen LogP) is 2.00. The third kappa shape index (κ3) is 2.86. The topological polar surface area (TPSA) is 92.6 Å². The molecule has 2 aromatic rings. The number of hydrogen-bond donors (Lipinski definition) is 2. The number of hydrogen-bond acceptors (Lipinski definition) is 5. The predicted molar refractivity (Wildman–Crippen MR) is 81.0 cm³/mol. The lowest BCUT2D eigenvalue weighted by atomic mass is 10.1. The maximum absolute atomic E-state index is 11.6. The van der Waals surface area contributed by atoms with E-state index in [0.29, 0.717) is 24.5 Å². The lowest BCUT2D eigenvalue weighted by Gasteiger charge is -2.14. The SMILES string of the molecule is Cl.N[C@@H]1CCN(c2noc(-c3ccccc3)c2C(=O)O)C1. The zero-order valence-electron chi connectivity index (χ0n) is 11.2. The standard InChI is InChI=1S/C14H15N3O3.ClH/c15-10-6-7-17(8-10)13-11(14(18)19)12(20-16-13)9-4-2-1-3-5-9;/h1-5,10H,6-8,15H2,(H,18,19);1H/t10-;/m1./s1. The Morgan fingerprint density at radius 2 is 2.10 bits per heavy atom. The maximum atomic E-state index is 11.6. The van der Waals surface area contributed by atoms with E-state index in [-0.39, 0.29) is 29.8 Å². The number of nitrogens with two attached hydrogens (primary N) is 1. The van der Waals surface area contributed by atoms with Gasteiger partial charge in [0.1, 0.15) is 0 Å². The van der Waals surface area contributed by atoms with Gasteiger partial charge >= 0.3 is 5.97 Å². The molecule has 1 aliphatic heterocycles. The molecule has 1 aromatic carbocycles. The molecule has 0 unspecified atom stereocenters. The molecule has 3 N–H and O–H groups in total. The molecule has 0 radical (unpaired) electrons. The van der Waals surface area contributed by atoms with E-state index in [4.69, 9.17) is 10.3 Å². The lowest BCUT2D eigenvalue weighted by molar-refractivity contribution is 0.0698. The van der Waals surface area contributed by atoms with Crippen LogP contribution in [0.1, 0.15) is 16.8 Å². The number of anilines is 1. The number of benzene rings is 1. The first kappa shape index (κ1) is 15.3. The summed E-state index contributed by atoms with van der Waals surface area (Å²) in [6.07, 6.45) is 0.826. The van der Waals surface area contributed by atoms with Crippen LogP contribution in [0.2, 0.25) is 0 Å². The van der Waals surface area contributed by atoms with Crippen LogP contribution in [0.15, 0.2) is 34.9 Å². The van der Waals surface area contributed by atoms with Gasteiger partial charge in [-0.15, -0.1) is 12.4 Å². The van der Waals surface area contributed by atoms with E-state index in [1.807, 2.05) is 23.1 Å². The number of halogens is 1. The van der Waals surface area contributed by atoms with E-state index in [9.17, 15) is 9.90 Å². The minimum atomic E-state index is -1.04. The first-order chi connectivity index (χ1) is 9.66. The number of nitrogens with zero attached hydrogens (tertiary/aromatic N) is 2. The molecule has 0 bridgehead atoms. The maximum Gasteiger partial charge on any atom is 0.343 e. The summed E-state index contributed by atoms with van der Waals surface area (Å²) < 4.78 is 5.28. The van der Waals surface area contributed by atoms with E-state index in [1.54, 1.807) is 12.1 Å². The van der Waals surface area contributed by atoms with Gasteiger partial charge in [-0.05, 0) is 6.42 Å². The Kier molecular flexibility index (Phi) is 4.50. The number of carboxylic acid groups (broad SMARTS) is 1. The molecule has 6 nitrogen and oxygen atoms in total. The quantitative estimate of drug-likeness (QED) is 0.901. The average molecular weight is 310 g/mol. The monoisotopic (exact) mass is 309 g/mol. The molecule has 0 aliphatic carbocycles. The van der Waals surface area contributed by atoms with Crippen molar-refractivity contribution in [2.75, 3.05) is 18.0 Å². The molecule has 1 aliphatic rings. The van der Waals surface area contributed by atoms with Gasteiger partial charge in [0.2, 0.25) is 0 Å². The average Bonchev–Trinajstić information content (AvgIpc) is 3.05. The molecule has 1 fully saturated rings. The zero-order chi connectivity index (χ0) is 14.1. The number of carbonyl (C=O) groups is 1. The molecule has 0 saturated carbocycles. The summed E-state index contributed by atoms with van der Waals surface area (Å²) in [4.78, 5) is 13.4. The van der Waals surface area contributed by atoms with Gasteiger partial charge in [0.25, 0.3) is 0 Å². The lowest BCUT2D eigenvalue weighted by Crippen LogP contribution is -2.27. The van der Waals surface area contributed by atoms with Crippen molar-refractivity contribution in [2.24, 2.45) is 5.73 Å². The van der Waals surface area contributed by atoms with Crippen molar-refractivity contribution >= 4 is 24.2 Å². The summed E-state index contributed by atoms with van der Waals surface area (Å²) in [7, 11) is 0. The second-order valence-corrected chi connectivity index (χ2v) is 4.88. The molecule has 21 heavy (non-hydrogen) atoms. The van der Waals surface area contributed by atoms with Gasteiger partial charge in [-0.1, -0.05) is 35.5 Å². The van der Waals surface area contributed by atoms with Gasteiger partial charge < -0.3 is 20.3 Å². The van der Waals surface area contributed by atoms with Crippen LogP contribution in [0.5, 0.6) is 0 Å². The Morgan fingerprint density at radius 1 is 1.38 bits per heavy atom. The number of carboxylic acids is 1. The van der Waals surface area contributed by atoms with Crippen LogP contribution in [-0.4, -0.2) is 35.4 Å². The van der Waals surface area contributed by atoms with Crippen molar-refractivity contribution in [3.8, 4) is 11.3 Å². The molecular weight excluding hydrogens is 294 g/mol. The highest BCUT2D eigenvalue weighted by Crippen LogP contribution is 2.32. The molecule has 1 aromatic heterocycles. The Labute approximate surface area is 127 Å². The largest absolute Gasteiger partial charge is 0.477 e. The van der Waals surface area contributed by atoms with E-state index in [0.717, 1.165) is 6.42 Å². The normalized spacial score (nSPS) is 17.6. The van der Waals surface area contributed by atoms with Crippen molar-refractivity contribution in [1.82, 2.24) is 5.16 Å². The van der Waals surface area contributed by atoms with Crippen LogP contribution >= 0.6 is 12.4 Å². The fourth-order valence-corrected chi connectivity index (χ4v) is 2.46. The van der Waals surface area contributed by atoms with Crippen molar-refractivity contribution in [3.63, 3.8) is 0 Å². The molecule has 0 amide bonds. The molecule has 2 heterocycles. The third-order valence-corrected chi connectivity index (χ3v) is 3.45. The molecule has 3 rings (SSSR count). The van der Waals surface area contributed by atoms with Crippen LogP contribution in [0, 0.1) is 0 Å². The van der Waals surface area contributed by atoms with Gasteiger partial charge in [-0.25, -0.2) is 4.79 Å². The van der Waals surface area contributed by atoms with Crippen LogP contribution in [0.3, 0.4) is 0 Å². The molecule has 112 valence electrons. The number of aromatic carboxylic acids is 1. The molecule has 7 heteroatoms. The van der Waals surface area contributed by atoms with Crippen LogP contribution < -0.4 is 10.6 Å². The smallest absolute Gasteiger partial charge is 0.343 e. The van der Waals surface area contributed by atoms with E-state index >= 15 is 0 Å². The fourth-order valence-electron chi connectivity index (χ4n) is 2.46. The first-order valence-electron chi connectivity index (χ1n) is 6.45. The Morgan fingerprint density at radius 3 is 2.67 bits per heavy atom. The van der Waals surface area contributed by atoms with Gasteiger partial charge in [0.15, 0.2) is 17.1 Å². The second kappa shape index (κ2) is 6.15. The van der Waals surface area contributed by atoms with Crippen molar-refractivity contribution < 1.29 is 14.4 Å². The summed E-state index contributed by atoms with van der Waals surface area (Å²) in [6, 6.07) is 9.16. The molecule has 1 saturated heterocycles. The van der Waals surface area contributed by atoms with Crippen molar-refractivity contribution in [3.05, 3.63) is 35.9 Å². The number of rotatable bonds is 3. The Bertz CT molecular complexity index is 630. The first-order valence-corrected chi connectivity index (χ1v) is 6.45. The van der Waals surface area contributed by atoms with E-state index < -0.39 is 5.97 Å². The minimum Gasteiger partial charge on any atom is -0.477 e. The highest BCUT2D eigenvalue weighted by Gasteiger charge is 2.30. The summed E-state index contributed by atoms with van der Waals surface area (Å²) in [5, 5.41) is 13.4. The minimum absolute atomic E-state index is 0. The molecule has 1 atom stereocenters. The Hall–Kier alpha value is -2.05. The van der Waals surface area contributed by atoms with E-state index in [1.165, 1.54) is 0 Å². The second-order valence-electron chi connectivity index (χ2n) is 4.88. The highest BCUT2D eigenvalue weighted by atomic mass is 35.5. The van der Waals surface area contributed by atoms with Gasteiger partial charge in [-0.3, -0.25) is 0 Å². The van der Waals surface area contributed by atoms with Gasteiger partial charge in [0.05, 0.1) is 0 Å². The van der Waals surface area contributed by atoms with Crippen molar-refractivity contribution in [2.45, 2.75) is 12.5 Å². The summed E-state index contributed by atoms with van der Waals surface area (Å²) in [5.41, 5.74) is 6.66. The number of aromatic nitrogens is 1. The van der Waals surface area contributed by atoms with Gasteiger partial charge in [0, 0.05) is 24.7 Å². The van der Waals surface area contributed by atoms with Gasteiger partial charge in [-0.2, -0.15) is 0 Å². The van der Waals surface area contributed by atoms with Crippen LogP contribution in [0.4, 0.5) is 5.82 Å². The summed E-state index contributed by atoms with van der Waals surface area (Å²) >= 11 is 0. The van der Waals surface area contributed by atoms with Crippen molar-refractivity contribution in [1.29, 1.82) is 0 Å². The van der Waals surface area contributed by atoms with Crippen LogP contribution in [-0.2, 0) is 0 Å².